The van der Waals surface area contributed by atoms with Crippen molar-refractivity contribution in [2.75, 3.05) is 0 Å². The normalized spacial score (nSPS) is 14.9. The topological polar surface area (TPSA) is 51.8 Å². The first-order valence-electron chi connectivity index (χ1n) is 5.30. The summed E-state index contributed by atoms with van der Waals surface area (Å²) in [5.74, 6) is 0. The van der Waals surface area contributed by atoms with E-state index < -0.39 is 0 Å². The number of nitrogens with two attached hydrogens (primary N) is 1. The molecule has 3 nitrogen and oxygen atoms in total. The molecule has 0 aliphatic rings. The summed E-state index contributed by atoms with van der Waals surface area (Å²) in [5, 5.41) is 2.45. The zero-order chi connectivity index (χ0) is 11.5. The summed E-state index contributed by atoms with van der Waals surface area (Å²) in [6.07, 6.45) is 1.61. The van der Waals surface area contributed by atoms with Crippen molar-refractivity contribution in [3.05, 3.63) is 30.6 Å². The molecule has 0 fully saturated rings. The summed E-state index contributed by atoms with van der Waals surface area (Å²) in [7, 11) is 0. The Morgan fingerprint density at radius 2 is 1.94 bits per heavy atom. The van der Waals surface area contributed by atoms with Crippen LogP contribution in [0.2, 0.25) is 0 Å². The number of hydrogen-bond donors (Lipinski definition) is 1. The Labute approximate surface area is 99.5 Å². The second-order valence-electron chi connectivity index (χ2n) is 3.88. The highest BCUT2D eigenvalue weighted by molar-refractivity contribution is 8.00. The molecule has 2 rings (SSSR count). The van der Waals surface area contributed by atoms with Crippen LogP contribution in [0.1, 0.15) is 13.8 Å². The number of hydrogen-bond acceptors (Lipinski definition) is 4. The first kappa shape index (κ1) is 11.4. The van der Waals surface area contributed by atoms with E-state index in [0.29, 0.717) is 5.25 Å². The first-order chi connectivity index (χ1) is 7.68. The van der Waals surface area contributed by atoms with Crippen molar-refractivity contribution in [3.63, 3.8) is 0 Å². The number of thioether (sulfide) groups is 1. The fraction of sp³-hybridized carbons (Fsp3) is 0.333. The van der Waals surface area contributed by atoms with Gasteiger partial charge >= 0.3 is 0 Å². The molecular formula is C12H15N3S. The van der Waals surface area contributed by atoms with Crippen molar-refractivity contribution in [2.45, 2.75) is 30.2 Å². The van der Waals surface area contributed by atoms with Gasteiger partial charge in [-0.3, -0.25) is 0 Å². The van der Waals surface area contributed by atoms with E-state index in [4.69, 9.17) is 5.73 Å². The number of para-hydroxylation sites is 1. The summed E-state index contributed by atoms with van der Waals surface area (Å²) in [5.41, 5.74) is 6.85. The molecule has 0 aliphatic heterocycles. The Hall–Kier alpha value is -1.13. The van der Waals surface area contributed by atoms with Gasteiger partial charge in [-0.2, -0.15) is 0 Å². The van der Waals surface area contributed by atoms with Crippen LogP contribution in [0.15, 0.2) is 35.6 Å². The number of rotatable bonds is 3. The standard InChI is InChI=1S/C12H15N3S/c1-8(13)9(2)16-12-10-5-3-4-6-11(10)14-7-15-12/h3-9H,13H2,1-2H3. The van der Waals surface area contributed by atoms with E-state index in [2.05, 4.69) is 16.9 Å². The van der Waals surface area contributed by atoms with Crippen LogP contribution in [0.4, 0.5) is 0 Å². The second-order valence-corrected chi connectivity index (χ2v) is 5.24. The molecular weight excluding hydrogens is 218 g/mol. The van der Waals surface area contributed by atoms with E-state index in [1.807, 2.05) is 31.2 Å². The molecule has 0 saturated heterocycles. The Morgan fingerprint density at radius 1 is 1.19 bits per heavy atom. The zero-order valence-corrected chi connectivity index (χ0v) is 10.2. The van der Waals surface area contributed by atoms with Crippen LogP contribution in [-0.2, 0) is 0 Å². The molecule has 2 unspecified atom stereocenters. The van der Waals surface area contributed by atoms with Crippen molar-refractivity contribution < 1.29 is 0 Å². The predicted molar refractivity (Wildman–Crippen MR) is 68.5 cm³/mol. The quantitative estimate of drug-likeness (QED) is 0.653. The summed E-state index contributed by atoms with van der Waals surface area (Å²) in [6, 6.07) is 8.19. The summed E-state index contributed by atoms with van der Waals surface area (Å²) >= 11 is 1.71. The molecule has 2 aromatic rings. The molecule has 0 aliphatic carbocycles. The third-order valence-electron chi connectivity index (χ3n) is 2.54. The fourth-order valence-corrected chi connectivity index (χ4v) is 2.33. The van der Waals surface area contributed by atoms with Crippen molar-refractivity contribution in [3.8, 4) is 0 Å². The van der Waals surface area contributed by atoms with Crippen molar-refractivity contribution in [1.29, 1.82) is 0 Å². The van der Waals surface area contributed by atoms with Gasteiger partial charge in [-0.15, -0.1) is 11.8 Å². The lowest BCUT2D eigenvalue weighted by Crippen LogP contribution is -2.26. The van der Waals surface area contributed by atoms with E-state index in [-0.39, 0.29) is 6.04 Å². The van der Waals surface area contributed by atoms with Gasteiger partial charge in [-0.1, -0.05) is 25.1 Å². The summed E-state index contributed by atoms with van der Waals surface area (Å²) in [4.78, 5) is 8.56. The highest BCUT2D eigenvalue weighted by atomic mass is 32.2. The van der Waals surface area contributed by atoms with E-state index >= 15 is 0 Å². The highest BCUT2D eigenvalue weighted by Gasteiger charge is 2.12. The highest BCUT2D eigenvalue weighted by Crippen LogP contribution is 2.28. The predicted octanol–water partition coefficient (Wildman–Crippen LogP) is 2.46. The van der Waals surface area contributed by atoms with Gasteiger partial charge in [0.1, 0.15) is 11.4 Å². The van der Waals surface area contributed by atoms with Gasteiger partial charge in [-0.25, -0.2) is 9.97 Å². The molecule has 1 aromatic heterocycles. The van der Waals surface area contributed by atoms with Crippen LogP contribution >= 0.6 is 11.8 Å². The lowest BCUT2D eigenvalue weighted by atomic mass is 10.2. The number of fused-ring (bicyclic) bond motifs is 1. The lowest BCUT2D eigenvalue weighted by molar-refractivity contribution is 0.730. The molecule has 0 spiro atoms. The smallest absolute Gasteiger partial charge is 0.117 e. The molecule has 0 radical (unpaired) electrons. The average Bonchev–Trinajstić information content (AvgIpc) is 2.29. The van der Waals surface area contributed by atoms with E-state index in [0.717, 1.165) is 15.9 Å². The maximum Gasteiger partial charge on any atom is 0.117 e. The van der Waals surface area contributed by atoms with Crippen LogP contribution in [0.25, 0.3) is 10.9 Å². The SMILES string of the molecule is CC(N)C(C)Sc1ncnc2ccccc12. The minimum Gasteiger partial charge on any atom is -0.327 e. The first-order valence-corrected chi connectivity index (χ1v) is 6.18. The number of aromatic nitrogens is 2. The Morgan fingerprint density at radius 3 is 2.69 bits per heavy atom. The second kappa shape index (κ2) is 4.80. The van der Waals surface area contributed by atoms with Gasteiger partial charge < -0.3 is 5.73 Å². The van der Waals surface area contributed by atoms with Gasteiger partial charge in [0.2, 0.25) is 0 Å². The molecule has 2 N–H and O–H groups in total. The van der Waals surface area contributed by atoms with Crippen LogP contribution in [0, 0.1) is 0 Å². The van der Waals surface area contributed by atoms with Gasteiger partial charge in [0, 0.05) is 16.7 Å². The van der Waals surface area contributed by atoms with E-state index in [1.54, 1.807) is 18.1 Å². The molecule has 1 heterocycles. The molecule has 1 aromatic carbocycles. The molecule has 0 bridgehead atoms. The van der Waals surface area contributed by atoms with Crippen LogP contribution in [0.5, 0.6) is 0 Å². The van der Waals surface area contributed by atoms with Crippen molar-refractivity contribution in [1.82, 2.24) is 9.97 Å². The molecule has 16 heavy (non-hydrogen) atoms. The maximum absolute atomic E-state index is 5.86. The summed E-state index contributed by atoms with van der Waals surface area (Å²) in [6.45, 7) is 4.13. The van der Waals surface area contributed by atoms with Crippen LogP contribution < -0.4 is 5.73 Å². The molecule has 4 heteroatoms. The molecule has 84 valence electrons. The van der Waals surface area contributed by atoms with Gasteiger partial charge in [0.15, 0.2) is 0 Å². The third-order valence-corrected chi connectivity index (χ3v) is 3.89. The largest absolute Gasteiger partial charge is 0.327 e. The van der Waals surface area contributed by atoms with Crippen LogP contribution in [-0.4, -0.2) is 21.3 Å². The minimum atomic E-state index is 0.152. The summed E-state index contributed by atoms with van der Waals surface area (Å²) < 4.78 is 0. The monoisotopic (exact) mass is 233 g/mol. The Balaban J connectivity index is 2.37. The van der Waals surface area contributed by atoms with E-state index in [9.17, 15) is 0 Å². The molecule has 2 atom stereocenters. The van der Waals surface area contributed by atoms with Crippen molar-refractivity contribution in [2.24, 2.45) is 5.73 Å². The van der Waals surface area contributed by atoms with Gasteiger partial charge in [0.05, 0.1) is 5.52 Å². The maximum atomic E-state index is 5.86. The third kappa shape index (κ3) is 2.33. The van der Waals surface area contributed by atoms with E-state index in [1.165, 1.54) is 0 Å². The molecule has 0 saturated carbocycles. The Kier molecular flexibility index (Phi) is 3.41. The van der Waals surface area contributed by atoms with Crippen LogP contribution in [0.3, 0.4) is 0 Å². The average molecular weight is 233 g/mol. The number of benzene rings is 1. The van der Waals surface area contributed by atoms with Gasteiger partial charge in [-0.05, 0) is 13.0 Å². The zero-order valence-electron chi connectivity index (χ0n) is 9.42. The fourth-order valence-electron chi connectivity index (χ4n) is 1.36. The minimum absolute atomic E-state index is 0.152. The van der Waals surface area contributed by atoms with Crippen molar-refractivity contribution >= 4 is 22.7 Å². The lowest BCUT2D eigenvalue weighted by Gasteiger charge is -2.14. The molecule has 0 amide bonds. The Bertz CT molecular complexity index is 479. The van der Waals surface area contributed by atoms with Gasteiger partial charge in [0.25, 0.3) is 0 Å². The number of nitrogens with zero attached hydrogens (tertiary/aromatic N) is 2.